The number of halogens is 1. The van der Waals surface area contributed by atoms with Gasteiger partial charge in [0.05, 0.1) is 17.6 Å². The van der Waals surface area contributed by atoms with Gasteiger partial charge in [-0.1, -0.05) is 25.5 Å². The van der Waals surface area contributed by atoms with Gasteiger partial charge in [0.1, 0.15) is 6.10 Å². The molecule has 88 valence electrons. The monoisotopic (exact) mass is 232 g/mol. The normalized spacial score (nSPS) is 31.9. The van der Waals surface area contributed by atoms with Crippen LogP contribution in [0.4, 0.5) is 0 Å². The van der Waals surface area contributed by atoms with E-state index in [1.165, 1.54) is 5.57 Å². The van der Waals surface area contributed by atoms with E-state index in [1.54, 1.807) is 0 Å². The van der Waals surface area contributed by atoms with Gasteiger partial charge in [-0.05, 0) is 26.2 Å². The molecule has 0 aromatic heterocycles. The summed E-state index contributed by atoms with van der Waals surface area (Å²) in [5, 5.41) is 9.59. The number of aliphatic hydroxyl groups is 1. The molecule has 0 saturated heterocycles. The number of hydrogen-bond acceptors (Lipinski definition) is 2. The van der Waals surface area contributed by atoms with E-state index in [4.69, 9.17) is 16.3 Å². The van der Waals surface area contributed by atoms with Crippen LogP contribution in [0.5, 0.6) is 0 Å². The molecule has 0 bridgehead atoms. The number of hydrogen-bond donors (Lipinski definition) is 1. The van der Waals surface area contributed by atoms with Gasteiger partial charge in [0, 0.05) is 0 Å². The Kier molecular flexibility index (Phi) is 5.10. The van der Waals surface area contributed by atoms with Gasteiger partial charge in [0.2, 0.25) is 0 Å². The molecular weight excluding hydrogens is 212 g/mol. The maximum atomic E-state index is 9.89. The Balaban J connectivity index is 2.58. The van der Waals surface area contributed by atoms with Gasteiger partial charge in [-0.15, -0.1) is 11.6 Å². The second-order valence-electron chi connectivity index (χ2n) is 4.27. The summed E-state index contributed by atoms with van der Waals surface area (Å²) in [7, 11) is 0. The molecule has 2 nitrogen and oxygen atoms in total. The van der Waals surface area contributed by atoms with Gasteiger partial charge < -0.3 is 9.84 Å². The zero-order valence-corrected chi connectivity index (χ0v) is 10.5. The van der Waals surface area contributed by atoms with Crippen LogP contribution in [0.15, 0.2) is 11.6 Å². The number of alkyl halides is 1. The molecule has 0 saturated carbocycles. The maximum Gasteiger partial charge on any atom is 0.100 e. The fraction of sp³-hybridized carbons (Fsp3) is 0.833. The van der Waals surface area contributed by atoms with Gasteiger partial charge in [-0.25, -0.2) is 0 Å². The summed E-state index contributed by atoms with van der Waals surface area (Å²) in [4.78, 5) is 0. The van der Waals surface area contributed by atoms with Crippen molar-refractivity contribution in [2.45, 2.75) is 63.7 Å². The van der Waals surface area contributed by atoms with E-state index in [1.807, 2.05) is 13.0 Å². The molecule has 0 aliphatic heterocycles. The summed E-state index contributed by atoms with van der Waals surface area (Å²) in [6.45, 7) is 6.24. The van der Waals surface area contributed by atoms with Crippen LogP contribution in [0.25, 0.3) is 0 Å². The average Bonchev–Trinajstić information content (AvgIpc) is 2.21. The van der Waals surface area contributed by atoms with Crippen molar-refractivity contribution >= 4 is 11.6 Å². The third-order valence-electron chi connectivity index (χ3n) is 2.95. The molecule has 0 fully saturated rings. The van der Waals surface area contributed by atoms with Crippen molar-refractivity contribution < 1.29 is 9.84 Å². The van der Waals surface area contributed by atoms with Crippen LogP contribution in [0, 0.1) is 0 Å². The highest BCUT2D eigenvalue weighted by molar-refractivity contribution is 6.22. The summed E-state index contributed by atoms with van der Waals surface area (Å²) in [6.07, 6.45) is 4.20. The molecule has 0 spiro atoms. The molecule has 0 aromatic rings. The molecule has 1 N–H and O–H groups in total. The summed E-state index contributed by atoms with van der Waals surface area (Å²) in [6, 6.07) is 0. The Morgan fingerprint density at radius 1 is 1.53 bits per heavy atom. The molecule has 0 radical (unpaired) electrons. The zero-order valence-electron chi connectivity index (χ0n) is 9.74. The first-order valence-corrected chi connectivity index (χ1v) is 6.17. The van der Waals surface area contributed by atoms with E-state index in [0.29, 0.717) is 0 Å². The Labute approximate surface area is 97.3 Å². The standard InChI is InChI=1S/C12H21ClO2/c1-4-9(5-2)15-11-7-8(3)6-10(13)12(11)14/h6,9-12,14H,4-5,7H2,1-3H3/t10-,11-,12+/m1/s1. The van der Waals surface area contributed by atoms with E-state index in [0.717, 1.165) is 19.3 Å². The lowest BCUT2D eigenvalue weighted by molar-refractivity contribution is -0.0789. The average molecular weight is 233 g/mol. The second kappa shape index (κ2) is 5.88. The smallest absolute Gasteiger partial charge is 0.100 e. The van der Waals surface area contributed by atoms with Crippen LogP contribution in [-0.2, 0) is 4.74 Å². The topological polar surface area (TPSA) is 29.5 Å². The maximum absolute atomic E-state index is 9.89. The highest BCUT2D eigenvalue weighted by Gasteiger charge is 2.31. The van der Waals surface area contributed by atoms with Crippen molar-refractivity contribution in [3.05, 3.63) is 11.6 Å². The van der Waals surface area contributed by atoms with Gasteiger partial charge in [-0.2, -0.15) is 0 Å². The molecule has 0 aromatic carbocycles. The van der Waals surface area contributed by atoms with Crippen molar-refractivity contribution in [2.24, 2.45) is 0 Å². The Morgan fingerprint density at radius 2 is 2.13 bits per heavy atom. The van der Waals surface area contributed by atoms with Crippen LogP contribution in [0.1, 0.15) is 40.0 Å². The quantitative estimate of drug-likeness (QED) is 0.597. The minimum atomic E-state index is -0.573. The van der Waals surface area contributed by atoms with Crippen molar-refractivity contribution in [3.63, 3.8) is 0 Å². The predicted molar refractivity (Wildman–Crippen MR) is 63.3 cm³/mol. The lowest BCUT2D eigenvalue weighted by Crippen LogP contribution is -2.40. The summed E-state index contributed by atoms with van der Waals surface area (Å²) in [5.41, 5.74) is 1.20. The summed E-state index contributed by atoms with van der Waals surface area (Å²) < 4.78 is 5.87. The van der Waals surface area contributed by atoms with Crippen LogP contribution in [0.2, 0.25) is 0 Å². The molecular formula is C12H21ClO2. The SMILES string of the molecule is CCC(CC)O[C@@H]1CC(C)=C[C@@H](Cl)[C@@H]1O. The molecule has 1 aliphatic rings. The van der Waals surface area contributed by atoms with Crippen molar-refractivity contribution in [1.82, 2.24) is 0 Å². The first-order chi connectivity index (χ1) is 7.08. The first kappa shape index (κ1) is 13.0. The number of rotatable bonds is 4. The highest BCUT2D eigenvalue weighted by Crippen LogP contribution is 2.26. The van der Waals surface area contributed by atoms with Crippen LogP contribution in [-0.4, -0.2) is 28.8 Å². The minimum Gasteiger partial charge on any atom is -0.389 e. The third-order valence-corrected chi connectivity index (χ3v) is 3.34. The fourth-order valence-corrected chi connectivity index (χ4v) is 2.32. The molecule has 1 rings (SSSR count). The first-order valence-electron chi connectivity index (χ1n) is 5.73. The number of ether oxygens (including phenoxy) is 1. The van der Waals surface area contributed by atoms with E-state index in [-0.39, 0.29) is 17.6 Å². The highest BCUT2D eigenvalue weighted by atomic mass is 35.5. The summed E-state index contributed by atoms with van der Waals surface area (Å²) in [5.74, 6) is 0. The largest absolute Gasteiger partial charge is 0.389 e. The van der Waals surface area contributed by atoms with Crippen molar-refractivity contribution in [3.8, 4) is 0 Å². The van der Waals surface area contributed by atoms with Gasteiger partial charge in [0.25, 0.3) is 0 Å². The molecule has 1 aliphatic carbocycles. The Bertz CT molecular complexity index is 224. The zero-order chi connectivity index (χ0) is 11.4. The van der Waals surface area contributed by atoms with Gasteiger partial charge in [0.15, 0.2) is 0 Å². The third kappa shape index (κ3) is 3.47. The Morgan fingerprint density at radius 3 is 2.67 bits per heavy atom. The molecule has 0 heterocycles. The van der Waals surface area contributed by atoms with Crippen LogP contribution in [0.3, 0.4) is 0 Å². The lowest BCUT2D eigenvalue weighted by atomic mass is 9.94. The molecule has 0 unspecified atom stereocenters. The second-order valence-corrected chi connectivity index (χ2v) is 4.77. The van der Waals surface area contributed by atoms with Crippen LogP contribution >= 0.6 is 11.6 Å². The lowest BCUT2D eigenvalue weighted by Gasteiger charge is -2.32. The fourth-order valence-electron chi connectivity index (χ4n) is 1.94. The molecule has 3 heteroatoms. The van der Waals surface area contributed by atoms with Gasteiger partial charge in [-0.3, -0.25) is 0 Å². The summed E-state index contributed by atoms with van der Waals surface area (Å²) >= 11 is 6.02. The predicted octanol–water partition coefficient (Wildman–Crippen LogP) is 2.88. The molecule has 15 heavy (non-hydrogen) atoms. The molecule has 3 atom stereocenters. The van der Waals surface area contributed by atoms with Crippen molar-refractivity contribution in [2.75, 3.05) is 0 Å². The van der Waals surface area contributed by atoms with Gasteiger partial charge >= 0.3 is 0 Å². The molecule has 0 amide bonds. The van der Waals surface area contributed by atoms with Crippen LogP contribution < -0.4 is 0 Å². The van der Waals surface area contributed by atoms with E-state index in [9.17, 15) is 5.11 Å². The van der Waals surface area contributed by atoms with E-state index >= 15 is 0 Å². The van der Waals surface area contributed by atoms with E-state index < -0.39 is 6.10 Å². The minimum absolute atomic E-state index is 0.137. The van der Waals surface area contributed by atoms with Crippen molar-refractivity contribution in [1.29, 1.82) is 0 Å². The Hall–Kier alpha value is -0.0500. The van der Waals surface area contributed by atoms with E-state index in [2.05, 4.69) is 13.8 Å². The number of aliphatic hydroxyl groups excluding tert-OH is 1.